The zero-order chi connectivity index (χ0) is 12.3. The molecule has 4 heteroatoms. The van der Waals surface area contributed by atoms with Crippen LogP contribution in [0.5, 0.6) is 0 Å². The van der Waals surface area contributed by atoms with E-state index >= 15 is 0 Å². The number of thioether (sulfide) groups is 1. The number of aliphatic hydroxyl groups is 1. The summed E-state index contributed by atoms with van der Waals surface area (Å²) >= 11 is 5.27. The van der Waals surface area contributed by atoms with Crippen LogP contribution in [0, 0.1) is 0 Å². The lowest BCUT2D eigenvalue weighted by Crippen LogP contribution is -2.41. The molecule has 1 heterocycles. The highest BCUT2D eigenvalue weighted by Crippen LogP contribution is 2.27. The van der Waals surface area contributed by atoms with Gasteiger partial charge in [0.25, 0.3) is 0 Å². The Morgan fingerprint density at radius 1 is 1.47 bits per heavy atom. The summed E-state index contributed by atoms with van der Waals surface area (Å²) in [4.78, 5) is 0. The van der Waals surface area contributed by atoms with Gasteiger partial charge < -0.3 is 10.4 Å². The maximum atomic E-state index is 10.2. The van der Waals surface area contributed by atoms with Crippen molar-refractivity contribution in [2.45, 2.75) is 25.0 Å². The molecule has 1 aliphatic heterocycles. The molecule has 2 nitrogen and oxygen atoms in total. The van der Waals surface area contributed by atoms with E-state index in [0.29, 0.717) is 6.54 Å². The zero-order valence-corrected chi connectivity index (χ0v) is 12.4. The SMILES string of the molecule is CC(NCC1(O)CCSC1)c1ccc(Br)cc1. The van der Waals surface area contributed by atoms with E-state index in [4.69, 9.17) is 0 Å². The minimum absolute atomic E-state index is 0.276. The van der Waals surface area contributed by atoms with Gasteiger partial charge in [-0.2, -0.15) is 11.8 Å². The Balaban J connectivity index is 1.88. The molecular weight excluding hydrogens is 298 g/mol. The second-order valence-electron chi connectivity index (χ2n) is 4.68. The van der Waals surface area contributed by atoms with Crippen molar-refractivity contribution in [1.29, 1.82) is 0 Å². The molecular formula is C13H18BrNOS. The van der Waals surface area contributed by atoms with Gasteiger partial charge in [0.15, 0.2) is 0 Å². The predicted octanol–water partition coefficient (Wildman–Crippen LogP) is 2.97. The molecule has 1 aliphatic rings. The summed E-state index contributed by atoms with van der Waals surface area (Å²) in [6.45, 7) is 2.81. The van der Waals surface area contributed by atoms with Gasteiger partial charge in [-0.1, -0.05) is 28.1 Å². The third kappa shape index (κ3) is 3.71. The molecule has 0 amide bonds. The molecule has 0 spiro atoms. The molecule has 0 bridgehead atoms. The summed E-state index contributed by atoms with van der Waals surface area (Å²) in [6, 6.07) is 8.59. The van der Waals surface area contributed by atoms with E-state index in [1.54, 1.807) is 0 Å². The third-order valence-electron chi connectivity index (χ3n) is 3.19. The first-order chi connectivity index (χ1) is 8.09. The van der Waals surface area contributed by atoms with Crippen molar-refractivity contribution in [2.75, 3.05) is 18.1 Å². The summed E-state index contributed by atoms with van der Waals surface area (Å²) in [5, 5.41) is 13.7. The molecule has 0 radical (unpaired) electrons. The molecule has 2 atom stereocenters. The van der Waals surface area contributed by atoms with Crippen molar-refractivity contribution >= 4 is 27.7 Å². The van der Waals surface area contributed by atoms with Crippen LogP contribution in [0.15, 0.2) is 28.7 Å². The van der Waals surface area contributed by atoms with Gasteiger partial charge in [-0.15, -0.1) is 0 Å². The average molecular weight is 316 g/mol. The van der Waals surface area contributed by atoms with Crippen LogP contribution in [-0.2, 0) is 0 Å². The molecule has 2 N–H and O–H groups in total. The summed E-state index contributed by atoms with van der Waals surface area (Å²) in [7, 11) is 0. The van der Waals surface area contributed by atoms with Gasteiger partial charge in [0.2, 0.25) is 0 Å². The fraction of sp³-hybridized carbons (Fsp3) is 0.538. The quantitative estimate of drug-likeness (QED) is 0.896. The van der Waals surface area contributed by atoms with E-state index in [9.17, 15) is 5.11 Å². The van der Waals surface area contributed by atoms with Crippen LogP contribution >= 0.6 is 27.7 Å². The Hall–Kier alpha value is -0.0300. The zero-order valence-electron chi connectivity index (χ0n) is 9.95. The van der Waals surface area contributed by atoms with Gasteiger partial charge in [0, 0.05) is 22.8 Å². The molecule has 1 saturated heterocycles. The Bertz CT molecular complexity index is 362. The van der Waals surface area contributed by atoms with E-state index in [1.807, 2.05) is 23.9 Å². The van der Waals surface area contributed by atoms with Gasteiger partial charge in [0.1, 0.15) is 0 Å². The van der Waals surface area contributed by atoms with Crippen LogP contribution in [0.2, 0.25) is 0 Å². The Morgan fingerprint density at radius 2 is 2.18 bits per heavy atom. The normalized spacial score (nSPS) is 26.1. The Kier molecular flexibility index (Phi) is 4.53. The second kappa shape index (κ2) is 5.74. The van der Waals surface area contributed by atoms with Crippen molar-refractivity contribution in [2.24, 2.45) is 0 Å². The van der Waals surface area contributed by atoms with Crippen LogP contribution in [0.25, 0.3) is 0 Å². The fourth-order valence-corrected chi connectivity index (χ4v) is 3.51. The summed E-state index contributed by atoms with van der Waals surface area (Å²) in [5.41, 5.74) is 0.747. The van der Waals surface area contributed by atoms with Crippen molar-refractivity contribution in [3.8, 4) is 0 Å². The number of hydrogen-bond donors (Lipinski definition) is 2. The van der Waals surface area contributed by atoms with E-state index in [0.717, 1.165) is 22.4 Å². The molecule has 0 aliphatic carbocycles. The first kappa shape index (κ1) is 13.4. The molecule has 2 unspecified atom stereocenters. The van der Waals surface area contributed by atoms with Crippen LogP contribution in [-0.4, -0.2) is 28.8 Å². The lowest BCUT2D eigenvalue weighted by molar-refractivity contribution is 0.0651. The monoisotopic (exact) mass is 315 g/mol. The molecule has 17 heavy (non-hydrogen) atoms. The number of halogens is 1. The summed E-state index contributed by atoms with van der Waals surface area (Å²) in [5.74, 6) is 1.93. The minimum Gasteiger partial charge on any atom is -0.388 e. The largest absolute Gasteiger partial charge is 0.388 e. The summed E-state index contributed by atoms with van der Waals surface area (Å²) < 4.78 is 1.10. The minimum atomic E-state index is -0.506. The molecule has 2 rings (SSSR count). The molecule has 1 aromatic carbocycles. The predicted molar refractivity (Wildman–Crippen MR) is 77.5 cm³/mol. The molecule has 94 valence electrons. The first-order valence-electron chi connectivity index (χ1n) is 5.88. The van der Waals surface area contributed by atoms with Crippen LogP contribution in [0.1, 0.15) is 24.9 Å². The maximum absolute atomic E-state index is 10.2. The Morgan fingerprint density at radius 3 is 2.76 bits per heavy atom. The van der Waals surface area contributed by atoms with Crippen molar-refractivity contribution < 1.29 is 5.11 Å². The van der Waals surface area contributed by atoms with E-state index in [-0.39, 0.29) is 6.04 Å². The molecule has 0 saturated carbocycles. The average Bonchev–Trinajstić information content (AvgIpc) is 2.75. The highest BCUT2D eigenvalue weighted by molar-refractivity contribution is 9.10. The standard InChI is InChI=1S/C13H18BrNOS/c1-10(11-2-4-12(14)5-3-11)15-8-13(16)6-7-17-9-13/h2-5,10,15-16H,6-9H2,1H3. The molecule has 1 fully saturated rings. The van der Waals surface area contributed by atoms with Gasteiger partial charge >= 0.3 is 0 Å². The van der Waals surface area contributed by atoms with Crippen LogP contribution in [0.4, 0.5) is 0 Å². The number of benzene rings is 1. The van der Waals surface area contributed by atoms with E-state index < -0.39 is 5.60 Å². The third-order valence-corrected chi connectivity index (χ3v) is 4.95. The molecule has 0 aromatic heterocycles. The van der Waals surface area contributed by atoms with E-state index in [1.165, 1.54) is 5.56 Å². The van der Waals surface area contributed by atoms with Gasteiger partial charge in [-0.25, -0.2) is 0 Å². The fourth-order valence-electron chi connectivity index (χ4n) is 1.95. The van der Waals surface area contributed by atoms with Crippen molar-refractivity contribution in [3.05, 3.63) is 34.3 Å². The lowest BCUT2D eigenvalue weighted by Gasteiger charge is -2.24. The highest BCUT2D eigenvalue weighted by Gasteiger charge is 2.31. The number of nitrogens with one attached hydrogen (secondary N) is 1. The van der Waals surface area contributed by atoms with Gasteiger partial charge in [0.05, 0.1) is 5.60 Å². The van der Waals surface area contributed by atoms with Gasteiger partial charge in [-0.3, -0.25) is 0 Å². The maximum Gasteiger partial charge on any atom is 0.0869 e. The summed E-state index contributed by atoms with van der Waals surface area (Å²) in [6.07, 6.45) is 0.901. The van der Waals surface area contributed by atoms with Crippen molar-refractivity contribution in [1.82, 2.24) is 5.32 Å². The second-order valence-corrected chi connectivity index (χ2v) is 6.70. The van der Waals surface area contributed by atoms with Gasteiger partial charge in [-0.05, 0) is 36.8 Å². The van der Waals surface area contributed by atoms with Crippen molar-refractivity contribution in [3.63, 3.8) is 0 Å². The number of hydrogen-bond acceptors (Lipinski definition) is 3. The lowest BCUT2D eigenvalue weighted by atomic mass is 10.0. The Labute approximate surface area is 115 Å². The first-order valence-corrected chi connectivity index (χ1v) is 7.83. The number of rotatable bonds is 4. The van der Waals surface area contributed by atoms with Crippen LogP contribution in [0.3, 0.4) is 0 Å². The van der Waals surface area contributed by atoms with Crippen LogP contribution < -0.4 is 5.32 Å². The highest BCUT2D eigenvalue weighted by atomic mass is 79.9. The smallest absolute Gasteiger partial charge is 0.0869 e. The molecule has 1 aromatic rings. The topological polar surface area (TPSA) is 32.3 Å². The van der Waals surface area contributed by atoms with E-state index in [2.05, 4.69) is 40.3 Å².